The minimum Gasteiger partial charge on any atom is -0.361 e. The fourth-order valence-corrected chi connectivity index (χ4v) is 3.94. The average molecular weight is 489 g/mol. The number of rotatable bonds is 5. The zero-order valence-corrected chi connectivity index (χ0v) is 19.7. The van der Waals surface area contributed by atoms with Gasteiger partial charge in [0.05, 0.1) is 0 Å². The first-order chi connectivity index (χ1) is 15.5. The summed E-state index contributed by atoms with van der Waals surface area (Å²) in [7, 11) is 0. The number of aryl methyl sites for hydroxylation is 2. The molecule has 4 aromatic rings. The summed E-state index contributed by atoms with van der Waals surface area (Å²) in [5.41, 5.74) is 6.01. The van der Waals surface area contributed by atoms with Crippen LogP contribution in [0.3, 0.4) is 0 Å². The lowest BCUT2D eigenvalue weighted by atomic mass is 10.1. The van der Waals surface area contributed by atoms with Crippen LogP contribution in [0.2, 0.25) is 0 Å². The molecule has 32 heavy (non-hydrogen) atoms. The van der Waals surface area contributed by atoms with Crippen molar-refractivity contribution in [3.63, 3.8) is 0 Å². The van der Waals surface area contributed by atoms with E-state index < -0.39 is 0 Å². The van der Waals surface area contributed by atoms with Gasteiger partial charge in [0.25, 0.3) is 5.91 Å². The lowest BCUT2D eigenvalue weighted by Gasteiger charge is -2.14. The molecule has 1 aromatic heterocycles. The van der Waals surface area contributed by atoms with Gasteiger partial charge in [-0.1, -0.05) is 52.3 Å². The van der Waals surface area contributed by atoms with Crippen molar-refractivity contribution in [2.24, 2.45) is 4.99 Å². The van der Waals surface area contributed by atoms with Gasteiger partial charge in [-0.25, -0.2) is 0 Å². The van der Waals surface area contributed by atoms with E-state index in [-0.39, 0.29) is 5.91 Å². The molecule has 0 fully saturated rings. The first kappa shape index (κ1) is 21.8. The number of aliphatic imine (C=N–C) groups is 1. The zero-order valence-electron chi connectivity index (χ0n) is 18.1. The highest BCUT2D eigenvalue weighted by atomic mass is 79.9. The Bertz CT molecular complexity index is 1290. The Morgan fingerprint density at radius 3 is 2.72 bits per heavy atom. The van der Waals surface area contributed by atoms with E-state index in [1.54, 1.807) is 12.1 Å². The molecule has 6 heteroatoms. The van der Waals surface area contributed by atoms with Crippen LogP contribution in [-0.4, -0.2) is 23.4 Å². The van der Waals surface area contributed by atoms with Crippen LogP contribution in [0, 0.1) is 13.8 Å². The zero-order chi connectivity index (χ0) is 22.5. The number of nitrogens with zero attached hydrogens (tertiary/aromatic N) is 1. The van der Waals surface area contributed by atoms with Crippen LogP contribution in [0.4, 0.5) is 5.69 Å². The summed E-state index contributed by atoms with van der Waals surface area (Å²) in [6.45, 7) is 4.60. The predicted octanol–water partition coefficient (Wildman–Crippen LogP) is 5.99. The van der Waals surface area contributed by atoms with E-state index in [9.17, 15) is 4.79 Å². The molecule has 0 aliphatic rings. The summed E-state index contributed by atoms with van der Waals surface area (Å²) in [6, 6.07) is 21.7. The molecule has 1 heterocycles. The van der Waals surface area contributed by atoms with Crippen LogP contribution in [0.5, 0.6) is 0 Å². The van der Waals surface area contributed by atoms with Crippen LogP contribution < -0.4 is 10.6 Å². The van der Waals surface area contributed by atoms with E-state index in [2.05, 4.69) is 61.9 Å². The maximum atomic E-state index is 12.9. The van der Waals surface area contributed by atoms with E-state index in [0.717, 1.165) is 33.2 Å². The lowest BCUT2D eigenvalue weighted by Crippen LogP contribution is -2.36. The van der Waals surface area contributed by atoms with Crippen LogP contribution in [0.1, 0.15) is 27.0 Å². The number of halogens is 1. The monoisotopic (exact) mass is 488 g/mol. The van der Waals surface area contributed by atoms with Gasteiger partial charge in [-0.05, 0) is 67.3 Å². The van der Waals surface area contributed by atoms with Crippen molar-refractivity contribution in [3.8, 4) is 0 Å². The Morgan fingerprint density at radius 2 is 1.88 bits per heavy atom. The lowest BCUT2D eigenvalue weighted by molar-refractivity contribution is 0.0977. The summed E-state index contributed by atoms with van der Waals surface area (Å²) in [5, 5.41) is 7.46. The van der Waals surface area contributed by atoms with E-state index in [4.69, 9.17) is 4.99 Å². The first-order valence-electron chi connectivity index (χ1n) is 10.5. The summed E-state index contributed by atoms with van der Waals surface area (Å²) >= 11 is 3.42. The molecule has 0 unspecified atom stereocenters. The molecule has 1 amide bonds. The quantitative estimate of drug-likeness (QED) is 0.238. The van der Waals surface area contributed by atoms with Gasteiger partial charge in [0.2, 0.25) is 5.96 Å². The van der Waals surface area contributed by atoms with Gasteiger partial charge in [0, 0.05) is 39.4 Å². The van der Waals surface area contributed by atoms with Gasteiger partial charge in [0.1, 0.15) is 0 Å². The molecule has 162 valence electrons. The summed E-state index contributed by atoms with van der Waals surface area (Å²) < 4.78 is 0.852. The Morgan fingerprint density at radius 1 is 1.03 bits per heavy atom. The SMILES string of the molecule is Cc1ccc(C)c(NC(=NCCc2c[nH]c3ccccc23)NC(=O)c2cccc(Br)c2)c1. The predicted molar refractivity (Wildman–Crippen MR) is 135 cm³/mol. The molecule has 0 spiro atoms. The number of nitrogens with one attached hydrogen (secondary N) is 3. The fraction of sp³-hybridized carbons (Fsp3) is 0.154. The largest absolute Gasteiger partial charge is 0.361 e. The second-order valence-electron chi connectivity index (χ2n) is 7.75. The fourth-order valence-electron chi connectivity index (χ4n) is 3.54. The molecule has 3 aromatic carbocycles. The molecule has 0 saturated carbocycles. The number of hydrogen-bond donors (Lipinski definition) is 3. The highest BCUT2D eigenvalue weighted by molar-refractivity contribution is 9.10. The highest BCUT2D eigenvalue weighted by Crippen LogP contribution is 2.19. The van der Waals surface area contributed by atoms with Crippen molar-refractivity contribution in [3.05, 3.63) is 99.7 Å². The second kappa shape index (κ2) is 9.83. The van der Waals surface area contributed by atoms with Gasteiger partial charge >= 0.3 is 0 Å². The number of carbonyl (C=O) groups excluding carboxylic acids is 1. The first-order valence-corrected chi connectivity index (χ1v) is 11.3. The molecule has 0 aliphatic carbocycles. The smallest absolute Gasteiger partial charge is 0.257 e. The molecule has 4 rings (SSSR count). The molecule has 5 nitrogen and oxygen atoms in total. The number of anilines is 1. The molecule has 0 radical (unpaired) electrons. The third-order valence-electron chi connectivity index (χ3n) is 5.29. The van der Waals surface area contributed by atoms with E-state index >= 15 is 0 Å². The Balaban J connectivity index is 1.55. The maximum absolute atomic E-state index is 12.9. The van der Waals surface area contributed by atoms with Crippen molar-refractivity contribution in [2.75, 3.05) is 11.9 Å². The number of aromatic nitrogens is 1. The number of H-pyrrole nitrogens is 1. The van der Waals surface area contributed by atoms with E-state index in [1.165, 1.54) is 10.9 Å². The van der Waals surface area contributed by atoms with Crippen molar-refractivity contribution < 1.29 is 4.79 Å². The third kappa shape index (κ3) is 5.26. The highest BCUT2D eigenvalue weighted by Gasteiger charge is 2.11. The Hall–Kier alpha value is -3.38. The summed E-state index contributed by atoms with van der Waals surface area (Å²) in [4.78, 5) is 20.9. The van der Waals surface area contributed by atoms with Gasteiger partial charge in [-0.3, -0.25) is 15.1 Å². The minimum absolute atomic E-state index is 0.213. The molecular formula is C26H25BrN4O. The van der Waals surface area contributed by atoms with Crippen LogP contribution in [0.15, 0.2) is 82.4 Å². The molecule has 0 saturated heterocycles. The van der Waals surface area contributed by atoms with Crippen LogP contribution >= 0.6 is 15.9 Å². The number of para-hydroxylation sites is 1. The number of benzene rings is 3. The number of fused-ring (bicyclic) bond motifs is 1. The summed E-state index contributed by atoms with van der Waals surface area (Å²) in [5.74, 6) is 0.221. The average Bonchev–Trinajstić information content (AvgIpc) is 3.19. The standard InChI is InChI=1S/C26H25BrN4O/c1-17-10-11-18(2)24(14-17)30-26(31-25(32)19-6-5-7-21(27)15-19)28-13-12-20-16-29-23-9-4-3-8-22(20)23/h3-11,14-16,29H,12-13H2,1-2H3,(H2,28,30,31,32). The van der Waals surface area contributed by atoms with Gasteiger partial charge in [-0.15, -0.1) is 0 Å². The number of amides is 1. The summed E-state index contributed by atoms with van der Waals surface area (Å²) in [6.07, 6.45) is 2.78. The van der Waals surface area contributed by atoms with E-state index in [1.807, 2.05) is 44.3 Å². The normalized spacial score (nSPS) is 11.5. The molecule has 0 bridgehead atoms. The number of aromatic amines is 1. The number of carbonyl (C=O) groups is 1. The minimum atomic E-state index is -0.213. The number of guanidine groups is 1. The van der Waals surface area contributed by atoms with Gasteiger partial charge < -0.3 is 10.3 Å². The second-order valence-corrected chi connectivity index (χ2v) is 8.66. The third-order valence-corrected chi connectivity index (χ3v) is 5.78. The Kier molecular flexibility index (Phi) is 6.71. The molecule has 3 N–H and O–H groups in total. The maximum Gasteiger partial charge on any atom is 0.257 e. The molecule has 0 atom stereocenters. The van der Waals surface area contributed by atoms with Crippen molar-refractivity contribution in [1.29, 1.82) is 0 Å². The van der Waals surface area contributed by atoms with Crippen molar-refractivity contribution >= 4 is 44.4 Å². The van der Waals surface area contributed by atoms with E-state index in [0.29, 0.717) is 18.1 Å². The molecule has 0 aliphatic heterocycles. The van der Waals surface area contributed by atoms with Crippen LogP contribution in [-0.2, 0) is 6.42 Å². The topological polar surface area (TPSA) is 69.3 Å². The van der Waals surface area contributed by atoms with Crippen LogP contribution in [0.25, 0.3) is 10.9 Å². The van der Waals surface area contributed by atoms with Crippen molar-refractivity contribution in [2.45, 2.75) is 20.3 Å². The molecular weight excluding hydrogens is 464 g/mol. The Labute approximate surface area is 196 Å². The van der Waals surface area contributed by atoms with Gasteiger partial charge in [-0.2, -0.15) is 0 Å². The van der Waals surface area contributed by atoms with Gasteiger partial charge in [0.15, 0.2) is 0 Å². The van der Waals surface area contributed by atoms with Crippen molar-refractivity contribution in [1.82, 2.24) is 10.3 Å². The number of hydrogen-bond acceptors (Lipinski definition) is 2.